The van der Waals surface area contributed by atoms with Crippen LogP contribution in [0.1, 0.15) is 57.2 Å². The molecule has 2 aliphatic rings. The quantitative estimate of drug-likeness (QED) is 0.533. The van der Waals surface area contributed by atoms with Gasteiger partial charge in [0.25, 0.3) is 0 Å². The fraction of sp³-hybridized carbons (Fsp3) is 0.667. The van der Waals surface area contributed by atoms with Gasteiger partial charge in [-0.05, 0) is 50.4 Å². The van der Waals surface area contributed by atoms with E-state index in [1.807, 2.05) is 4.90 Å². The van der Waals surface area contributed by atoms with E-state index >= 15 is 0 Å². The number of nitrogens with one attached hydrogen (secondary N) is 1. The molecule has 1 unspecified atom stereocenters. The Hall–Kier alpha value is -2.51. The van der Waals surface area contributed by atoms with E-state index in [4.69, 9.17) is 11.0 Å². The van der Waals surface area contributed by atoms with Crippen LogP contribution in [0.4, 0.5) is 0 Å². The molecule has 1 aromatic rings. The van der Waals surface area contributed by atoms with Crippen LogP contribution in [0.5, 0.6) is 0 Å². The molecule has 2 atom stereocenters. The van der Waals surface area contributed by atoms with E-state index in [-0.39, 0.29) is 18.2 Å². The lowest BCUT2D eigenvalue weighted by atomic mass is 10.0. The maximum Gasteiger partial charge on any atom is 0.244 e. The standard InChI is InChI=1S/C27H43N7O2/c1-20(2)19-34(33-15-13-31(4)14-16-33)24-9-11-32(12-10-24)27(36)21(3)30-26(35)17-25(29)23-7-5-22(18-28)6-8-23/h5-8,20-21,24-25H,9-17,19,29H2,1-4H3,(H,30,35)/t21-,25?/m1/s1. The molecule has 0 aliphatic carbocycles. The first kappa shape index (κ1) is 28.1. The molecule has 0 spiro atoms. The van der Waals surface area contributed by atoms with Crippen molar-refractivity contribution >= 4 is 11.8 Å². The van der Waals surface area contributed by atoms with Gasteiger partial charge in [0, 0.05) is 64.3 Å². The molecule has 1 aromatic carbocycles. The highest BCUT2D eigenvalue weighted by Gasteiger charge is 2.33. The van der Waals surface area contributed by atoms with E-state index in [1.165, 1.54) is 0 Å². The highest BCUT2D eigenvalue weighted by molar-refractivity contribution is 5.87. The maximum absolute atomic E-state index is 13.1. The minimum atomic E-state index is -0.591. The summed E-state index contributed by atoms with van der Waals surface area (Å²) < 4.78 is 0. The summed E-state index contributed by atoms with van der Waals surface area (Å²) in [6.07, 6.45) is 1.96. The van der Waals surface area contributed by atoms with Crippen LogP contribution in [-0.4, -0.2) is 96.6 Å². The summed E-state index contributed by atoms with van der Waals surface area (Å²) in [5.41, 5.74) is 7.52. The van der Waals surface area contributed by atoms with Crippen LogP contribution in [-0.2, 0) is 9.59 Å². The number of nitrogens with two attached hydrogens (primary N) is 1. The van der Waals surface area contributed by atoms with Gasteiger partial charge in [0.05, 0.1) is 11.6 Å². The zero-order valence-corrected chi connectivity index (χ0v) is 22.3. The number of nitriles is 1. The molecule has 2 fully saturated rings. The van der Waals surface area contributed by atoms with Crippen molar-refractivity contribution in [2.45, 2.75) is 58.2 Å². The van der Waals surface area contributed by atoms with Crippen molar-refractivity contribution < 1.29 is 9.59 Å². The molecule has 198 valence electrons. The van der Waals surface area contributed by atoms with Gasteiger partial charge in [0.2, 0.25) is 11.8 Å². The molecule has 9 nitrogen and oxygen atoms in total. The van der Waals surface area contributed by atoms with Gasteiger partial charge >= 0.3 is 0 Å². The summed E-state index contributed by atoms with van der Waals surface area (Å²) in [6.45, 7) is 13.0. The van der Waals surface area contributed by atoms with Gasteiger partial charge in [0.15, 0.2) is 0 Å². The molecule has 0 radical (unpaired) electrons. The van der Waals surface area contributed by atoms with Crippen molar-refractivity contribution in [1.82, 2.24) is 25.1 Å². The first-order valence-corrected chi connectivity index (χ1v) is 13.2. The molecule has 0 aromatic heterocycles. The average molecular weight is 498 g/mol. The molecule has 3 N–H and O–H groups in total. The smallest absolute Gasteiger partial charge is 0.244 e. The van der Waals surface area contributed by atoms with Gasteiger partial charge in [-0.25, -0.2) is 10.0 Å². The number of piperidine rings is 1. The van der Waals surface area contributed by atoms with E-state index in [0.717, 1.165) is 51.1 Å². The summed E-state index contributed by atoms with van der Waals surface area (Å²) >= 11 is 0. The number of carbonyl (C=O) groups excluding carboxylic acids is 2. The number of nitrogens with zero attached hydrogens (tertiary/aromatic N) is 5. The lowest BCUT2D eigenvalue weighted by molar-refractivity contribution is -0.140. The monoisotopic (exact) mass is 497 g/mol. The molecule has 3 rings (SSSR count). The largest absolute Gasteiger partial charge is 0.345 e. The number of rotatable bonds is 9. The fourth-order valence-corrected chi connectivity index (χ4v) is 5.07. The van der Waals surface area contributed by atoms with Crippen LogP contribution in [0.15, 0.2) is 24.3 Å². The van der Waals surface area contributed by atoms with Crippen molar-refractivity contribution in [3.8, 4) is 6.07 Å². The van der Waals surface area contributed by atoms with Crippen molar-refractivity contribution in [1.29, 1.82) is 5.26 Å². The Morgan fingerprint density at radius 2 is 1.69 bits per heavy atom. The lowest BCUT2D eigenvalue weighted by Gasteiger charge is -2.47. The zero-order chi connectivity index (χ0) is 26.2. The fourth-order valence-electron chi connectivity index (χ4n) is 5.07. The third kappa shape index (κ3) is 7.74. The summed E-state index contributed by atoms with van der Waals surface area (Å²) in [7, 11) is 2.18. The number of hydrazine groups is 1. The van der Waals surface area contributed by atoms with Crippen molar-refractivity contribution in [2.24, 2.45) is 11.7 Å². The molecule has 2 saturated heterocycles. The van der Waals surface area contributed by atoms with Gasteiger partial charge in [-0.15, -0.1) is 0 Å². The van der Waals surface area contributed by atoms with Gasteiger partial charge < -0.3 is 20.9 Å². The van der Waals surface area contributed by atoms with E-state index in [9.17, 15) is 9.59 Å². The second-order valence-electron chi connectivity index (χ2n) is 10.7. The number of hydrogen-bond donors (Lipinski definition) is 2. The Labute approximate surface area is 216 Å². The number of hydrogen-bond acceptors (Lipinski definition) is 7. The molecule has 2 aliphatic heterocycles. The average Bonchev–Trinajstić information content (AvgIpc) is 2.87. The number of likely N-dealkylation sites (N-methyl/N-ethyl adjacent to an activating group) is 1. The minimum Gasteiger partial charge on any atom is -0.345 e. The molecule has 2 heterocycles. The van der Waals surface area contributed by atoms with Crippen molar-refractivity contribution in [3.63, 3.8) is 0 Å². The molecule has 2 amide bonds. The summed E-state index contributed by atoms with van der Waals surface area (Å²) in [6, 6.07) is 8.34. The highest BCUT2D eigenvalue weighted by atomic mass is 16.2. The van der Waals surface area contributed by atoms with Crippen LogP contribution < -0.4 is 11.1 Å². The van der Waals surface area contributed by atoms with Gasteiger partial charge in [-0.2, -0.15) is 5.26 Å². The van der Waals surface area contributed by atoms with Crippen LogP contribution >= 0.6 is 0 Å². The van der Waals surface area contributed by atoms with E-state index in [2.05, 4.69) is 47.2 Å². The van der Waals surface area contributed by atoms with Gasteiger partial charge in [-0.1, -0.05) is 26.0 Å². The van der Waals surface area contributed by atoms with Crippen molar-refractivity contribution in [3.05, 3.63) is 35.4 Å². The number of piperazine rings is 1. The normalized spacial score (nSPS) is 19.8. The molecule has 9 heteroatoms. The third-order valence-corrected chi connectivity index (χ3v) is 7.21. The number of benzene rings is 1. The maximum atomic E-state index is 13.1. The minimum absolute atomic E-state index is 0.0382. The second-order valence-corrected chi connectivity index (χ2v) is 10.7. The Kier molecular flexibility index (Phi) is 10.3. The van der Waals surface area contributed by atoms with E-state index in [0.29, 0.717) is 30.6 Å². The number of amides is 2. The summed E-state index contributed by atoms with van der Waals surface area (Å²) in [5.74, 6) is 0.291. The summed E-state index contributed by atoms with van der Waals surface area (Å²) in [5, 5.41) is 16.8. The number of carbonyl (C=O) groups is 2. The Bertz CT molecular complexity index is 898. The molecule has 0 bridgehead atoms. The Balaban J connectivity index is 1.48. The highest BCUT2D eigenvalue weighted by Crippen LogP contribution is 2.22. The van der Waals surface area contributed by atoms with Crippen LogP contribution in [0.2, 0.25) is 0 Å². The lowest BCUT2D eigenvalue weighted by Crippen LogP contribution is -2.59. The first-order valence-electron chi connectivity index (χ1n) is 13.2. The van der Waals surface area contributed by atoms with Gasteiger partial charge in [-0.3, -0.25) is 9.59 Å². The molecule has 36 heavy (non-hydrogen) atoms. The molecule has 0 saturated carbocycles. The van der Waals surface area contributed by atoms with E-state index in [1.54, 1.807) is 31.2 Å². The summed E-state index contributed by atoms with van der Waals surface area (Å²) in [4.78, 5) is 29.9. The SMILES string of the molecule is CC(C)CN(C1CCN(C(=O)[C@@H](C)NC(=O)CC(N)c2ccc(C#N)cc2)CC1)N1CCN(C)CC1. The van der Waals surface area contributed by atoms with Crippen molar-refractivity contribution in [2.75, 3.05) is 52.9 Å². The molecular weight excluding hydrogens is 454 g/mol. The zero-order valence-electron chi connectivity index (χ0n) is 22.3. The Morgan fingerprint density at radius 1 is 1.08 bits per heavy atom. The van der Waals surface area contributed by atoms with Gasteiger partial charge in [0.1, 0.15) is 6.04 Å². The number of likely N-dealkylation sites (tertiary alicyclic amines) is 1. The molecular formula is C27H43N7O2. The first-order chi connectivity index (χ1) is 17.2. The van der Waals surface area contributed by atoms with E-state index < -0.39 is 12.1 Å². The van der Waals surface area contributed by atoms with Crippen LogP contribution in [0.25, 0.3) is 0 Å². The van der Waals surface area contributed by atoms with Crippen LogP contribution in [0.3, 0.4) is 0 Å². The predicted molar refractivity (Wildman–Crippen MR) is 141 cm³/mol. The Morgan fingerprint density at radius 3 is 2.25 bits per heavy atom. The predicted octanol–water partition coefficient (Wildman–Crippen LogP) is 1.56. The topological polar surface area (TPSA) is 109 Å². The van der Waals surface area contributed by atoms with Crippen LogP contribution in [0, 0.1) is 17.2 Å². The second kappa shape index (κ2) is 13.2. The third-order valence-electron chi connectivity index (χ3n) is 7.21.